The monoisotopic (exact) mass is 451 g/mol. The van der Waals surface area contributed by atoms with Crippen molar-refractivity contribution >= 4 is 28.8 Å². The van der Waals surface area contributed by atoms with Crippen molar-refractivity contribution in [3.63, 3.8) is 0 Å². The summed E-state index contributed by atoms with van der Waals surface area (Å²) in [6, 6.07) is 12.2. The van der Waals surface area contributed by atoms with E-state index >= 15 is 0 Å². The molecule has 1 unspecified atom stereocenters. The van der Waals surface area contributed by atoms with Gasteiger partial charge in [-0.2, -0.15) is 0 Å². The van der Waals surface area contributed by atoms with E-state index in [0.29, 0.717) is 10.9 Å². The smallest absolute Gasteiger partial charge is 0.227 e. The summed E-state index contributed by atoms with van der Waals surface area (Å²) in [6.45, 7) is 7.38. The van der Waals surface area contributed by atoms with E-state index in [1.807, 2.05) is 30.5 Å². The van der Waals surface area contributed by atoms with Crippen molar-refractivity contribution in [3.8, 4) is 11.3 Å². The van der Waals surface area contributed by atoms with E-state index < -0.39 is 0 Å². The van der Waals surface area contributed by atoms with Crippen LogP contribution in [0.15, 0.2) is 42.6 Å². The third kappa shape index (κ3) is 3.97. The predicted octanol–water partition coefficient (Wildman–Crippen LogP) is 3.95. The number of benzene rings is 1. The van der Waals surface area contributed by atoms with Gasteiger partial charge in [-0.05, 0) is 57.1 Å². The molecular weight excluding hydrogens is 422 g/mol. The summed E-state index contributed by atoms with van der Waals surface area (Å²) in [5.41, 5.74) is 4.94. The Morgan fingerprint density at radius 3 is 2.69 bits per heavy atom. The summed E-state index contributed by atoms with van der Waals surface area (Å²) in [4.78, 5) is 24.7. The van der Waals surface area contributed by atoms with Gasteiger partial charge >= 0.3 is 0 Å². The fourth-order valence-electron chi connectivity index (χ4n) is 4.96. The molecule has 4 heterocycles. The molecule has 2 fully saturated rings. The van der Waals surface area contributed by atoms with Gasteiger partial charge in [0, 0.05) is 62.4 Å². The molecule has 2 aliphatic rings. The van der Waals surface area contributed by atoms with Crippen LogP contribution in [0.3, 0.4) is 0 Å². The van der Waals surface area contributed by atoms with Crippen molar-refractivity contribution in [1.29, 1.82) is 0 Å². The van der Waals surface area contributed by atoms with Gasteiger partial charge in [0.25, 0.3) is 0 Å². The number of anilines is 1. The van der Waals surface area contributed by atoms with Gasteiger partial charge in [-0.25, -0.2) is 4.98 Å². The fourth-order valence-corrected chi connectivity index (χ4v) is 5.17. The molecule has 2 aliphatic heterocycles. The van der Waals surface area contributed by atoms with Crippen molar-refractivity contribution in [2.75, 3.05) is 51.2 Å². The van der Waals surface area contributed by atoms with Crippen molar-refractivity contribution in [3.05, 3.63) is 53.3 Å². The second-order valence-corrected chi connectivity index (χ2v) is 9.46. The molecule has 0 saturated carbocycles. The first-order valence-corrected chi connectivity index (χ1v) is 11.8. The van der Waals surface area contributed by atoms with Crippen molar-refractivity contribution in [1.82, 2.24) is 19.2 Å². The highest BCUT2D eigenvalue weighted by atomic mass is 35.5. The van der Waals surface area contributed by atoms with Crippen LogP contribution < -0.4 is 4.90 Å². The Balaban J connectivity index is 1.39. The van der Waals surface area contributed by atoms with Crippen molar-refractivity contribution in [2.45, 2.75) is 19.8 Å². The van der Waals surface area contributed by atoms with Gasteiger partial charge in [-0.3, -0.25) is 4.79 Å². The van der Waals surface area contributed by atoms with Crippen LogP contribution in [0.25, 0.3) is 16.9 Å². The minimum Gasteiger partial charge on any atom is -0.371 e. The summed E-state index contributed by atoms with van der Waals surface area (Å²) < 4.78 is 2.09. The van der Waals surface area contributed by atoms with E-state index in [9.17, 15) is 4.79 Å². The van der Waals surface area contributed by atoms with Crippen LogP contribution >= 0.6 is 11.6 Å². The maximum atomic E-state index is 13.2. The Morgan fingerprint density at radius 2 is 1.91 bits per heavy atom. The maximum Gasteiger partial charge on any atom is 0.227 e. The first-order valence-electron chi connectivity index (χ1n) is 11.5. The molecular formula is C25H30ClN5O. The molecule has 1 amide bonds. The lowest BCUT2D eigenvalue weighted by molar-refractivity contribution is -0.137. The molecule has 3 aromatic rings. The summed E-state index contributed by atoms with van der Waals surface area (Å²) in [5.74, 6) is 0.372. The van der Waals surface area contributed by atoms with Gasteiger partial charge in [0.2, 0.25) is 5.91 Å². The molecule has 5 rings (SSSR count). The van der Waals surface area contributed by atoms with E-state index in [1.165, 1.54) is 0 Å². The number of pyridine rings is 1. The predicted molar refractivity (Wildman–Crippen MR) is 129 cm³/mol. The van der Waals surface area contributed by atoms with Crippen molar-refractivity contribution < 1.29 is 4.79 Å². The number of rotatable bonds is 3. The molecule has 7 heteroatoms. The highest BCUT2D eigenvalue weighted by molar-refractivity contribution is 6.33. The van der Waals surface area contributed by atoms with Crippen LogP contribution in [-0.4, -0.2) is 71.4 Å². The SMILES string of the molecule is Cc1c(-c2cc(N3CCCC(C(=O)N4CCN(C)CC4)C3)ccc2Cl)nc2ccccn12. The number of nitrogens with zero attached hydrogens (tertiary/aromatic N) is 5. The Hall–Kier alpha value is -2.57. The molecule has 0 aliphatic carbocycles. The summed E-state index contributed by atoms with van der Waals surface area (Å²) in [6.07, 6.45) is 4.02. The lowest BCUT2D eigenvalue weighted by atomic mass is 9.95. The first kappa shape index (κ1) is 21.3. The van der Waals surface area contributed by atoms with E-state index in [-0.39, 0.29) is 5.92 Å². The minimum absolute atomic E-state index is 0.0585. The lowest BCUT2D eigenvalue weighted by Crippen LogP contribution is -2.51. The molecule has 1 atom stereocenters. The van der Waals surface area contributed by atoms with E-state index in [4.69, 9.17) is 16.6 Å². The maximum absolute atomic E-state index is 13.2. The van der Waals surface area contributed by atoms with Crippen LogP contribution in [-0.2, 0) is 4.79 Å². The Kier molecular flexibility index (Phi) is 5.82. The largest absolute Gasteiger partial charge is 0.371 e. The molecule has 0 spiro atoms. The number of hydrogen-bond acceptors (Lipinski definition) is 4. The molecule has 1 aromatic carbocycles. The number of likely N-dealkylation sites (N-methyl/N-ethyl adjacent to an activating group) is 1. The molecule has 0 radical (unpaired) electrons. The molecule has 2 saturated heterocycles. The number of piperidine rings is 1. The molecule has 0 bridgehead atoms. The zero-order valence-corrected chi connectivity index (χ0v) is 19.6. The van der Waals surface area contributed by atoms with E-state index in [0.717, 1.165) is 80.4 Å². The summed E-state index contributed by atoms with van der Waals surface area (Å²) in [5, 5.41) is 0.697. The van der Waals surface area contributed by atoms with Gasteiger partial charge in [0.15, 0.2) is 0 Å². The van der Waals surface area contributed by atoms with E-state index in [1.54, 1.807) is 0 Å². The minimum atomic E-state index is 0.0585. The van der Waals surface area contributed by atoms with E-state index in [2.05, 4.69) is 45.2 Å². The van der Waals surface area contributed by atoms with Crippen molar-refractivity contribution in [2.24, 2.45) is 5.92 Å². The number of amides is 1. The number of carbonyl (C=O) groups excluding carboxylic acids is 1. The molecule has 6 nitrogen and oxygen atoms in total. The van der Waals surface area contributed by atoms with Gasteiger partial charge in [0.1, 0.15) is 5.65 Å². The van der Waals surface area contributed by atoms with Crippen LogP contribution in [0, 0.1) is 12.8 Å². The van der Waals surface area contributed by atoms with Crippen LogP contribution in [0.5, 0.6) is 0 Å². The average molecular weight is 452 g/mol. The quantitative estimate of drug-likeness (QED) is 0.604. The summed E-state index contributed by atoms with van der Waals surface area (Å²) >= 11 is 6.63. The number of halogens is 1. The molecule has 168 valence electrons. The highest BCUT2D eigenvalue weighted by Crippen LogP contribution is 2.35. The second-order valence-electron chi connectivity index (χ2n) is 9.05. The number of imidazole rings is 1. The zero-order chi connectivity index (χ0) is 22.2. The van der Waals surface area contributed by atoms with Crippen LogP contribution in [0.1, 0.15) is 18.5 Å². The topological polar surface area (TPSA) is 44.1 Å². The number of hydrogen-bond donors (Lipinski definition) is 0. The number of piperazine rings is 1. The van der Waals surface area contributed by atoms with Gasteiger partial charge < -0.3 is 19.1 Å². The van der Waals surface area contributed by atoms with Crippen LogP contribution in [0.4, 0.5) is 5.69 Å². The molecule has 0 N–H and O–H groups in total. The Bertz CT molecular complexity index is 1130. The number of aryl methyl sites for hydroxylation is 1. The highest BCUT2D eigenvalue weighted by Gasteiger charge is 2.31. The number of fused-ring (bicyclic) bond motifs is 1. The molecule has 2 aromatic heterocycles. The van der Waals surface area contributed by atoms with Crippen LogP contribution in [0.2, 0.25) is 5.02 Å². The number of carbonyl (C=O) groups is 1. The Labute approximate surface area is 194 Å². The normalized spacial score (nSPS) is 20.2. The van der Waals surface area contributed by atoms with Gasteiger partial charge in [0.05, 0.1) is 16.6 Å². The third-order valence-electron chi connectivity index (χ3n) is 6.92. The third-order valence-corrected chi connectivity index (χ3v) is 7.25. The summed E-state index contributed by atoms with van der Waals surface area (Å²) in [7, 11) is 2.12. The van der Waals surface area contributed by atoms with Gasteiger partial charge in [-0.1, -0.05) is 17.7 Å². The Morgan fingerprint density at radius 1 is 1.09 bits per heavy atom. The zero-order valence-electron chi connectivity index (χ0n) is 18.8. The van der Waals surface area contributed by atoms with Gasteiger partial charge in [-0.15, -0.1) is 0 Å². The fraction of sp³-hybridized carbons (Fsp3) is 0.440. The molecule has 32 heavy (non-hydrogen) atoms. The second kappa shape index (κ2) is 8.75. The number of aromatic nitrogens is 2. The first-order chi connectivity index (χ1) is 15.5. The standard InChI is InChI=1S/C25H30ClN5O/c1-18-24(27-23-7-3-4-11-31(18)23)21-16-20(8-9-22(21)26)30-10-5-6-19(17-30)25(32)29-14-12-28(2)13-15-29/h3-4,7-9,11,16,19H,5-6,10,12-15,17H2,1-2H3. The average Bonchev–Trinajstić information content (AvgIpc) is 3.16. The lowest BCUT2D eigenvalue weighted by Gasteiger charge is -2.39.